The highest BCUT2D eigenvalue weighted by atomic mass is 19.1. The Labute approximate surface area is 189 Å². The van der Waals surface area contributed by atoms with Crippen LogP contribution in [-0.4, -0.2) is 47.5 Å². The van der Waals surface area contributed by atoms with Crippen molar-refractivity contribution in [1.82, 2.24) is 21.1 Å². The summed E-state index contributed by atoms with van der Waals surface area (Å²) in [4.78, 5) is 39.8. The van der Waals surface area contributed by atoms with Crippen LogP contribution in [0, 0.1) is 11.6 Å². The highest BCUT2D eigenvalue weighted by Gasteiger charge is 2.30. The molecule has 1 aromatic carbocycles. The van der Waals surface area contributed by atoms with E-state index in [1.165, 1.54) is 4.90 Å². The van der Waals surface area contributed by atoms with Gasteiger partial charge in [0.2, 0.25) is 5.78 Å². The Balaban J connectivity index is 2.29. The van der Waals surface area contributed by atoms with E-state index in [-0.39, 0.29) is 43.7 Å². The van der Waals surface area contributed by atoms with Crippen molar-refractivity contribution in [2.75, 3.05) is 19.9 Å². The summed E-state index contributed by atoms with van der Waals surface area (Å²) in [7, 11) is 0. The summed E-state index contributed by atoms with van der Waals surface area (Å²) in [6.07, 6.45) is 2.34. The van der Waals surface area contributed by atoms with Crippen LogP contribution in [-0.2, 0) is 20.9 Å². The second-order valence-corrected chi connectivity index (χ2v) is 7.33. The minimum atomic E-state index is -1.10. The monoisotopic (exact) mass is 468 g/mol. The molecule has 0 aliphatic carbocycles. The summed E-state index contributed by atoms with van der Waals surface area (Å²) < 4.78 is 39.5. The molecule has 2 amide bonds. The zero-order valence-corrected chi connectivity index (χ0v) is 18.2. The highest BCUT2D eigenvalue weighted by Crippen LogP contribution is 2.19. The number of carbonyl (C=O) groups excluding carboxylic acids is 3. The van der Waals surface area contributed by atoms with E-state index in [1.54, 1.807) is 0 Å². The fourth-order valence-electron chi connectivity index (χ4n) is 3.07. The molecule has 0 saturated carbocycles. The van der Waals surface area contributed by atoms with Gasteiger partial charge in [-0.2, -0.15) is 0 Å². The number of allylic oxidation sites excluding steroid dienone is 1. The smallest absolute Gasteiger partial charge is 0.257 e. The van der Waals surface area contributed by atoms with Gasteiger partial charge in [-0.15, -0.1) is 0 Å². The number of Topliss-reactive ketones (excluding diaryl/α,β-unsaturated/α-hetero) is 1. The lowest BCUT2D eigenvalue weighted by Gasteiger charge is -2.25. The Bertz CT molecular complexity index is 950. The van der Waals surface area contributed by atoms with E-state index in [1.807, 2.05) is 6.92 Å². The maximum Gasteiger partial charge on any atom is 0.257 e. The number of carbonyl (C=O) groups is 3. The first-order chi connectivity index (χ1) is 15.8. The van der Waals surface area contributed by atoms with Gasteiger partial charge in [0, 0.05) is 30.9 Å². The fourth-order valence-corrected chi connectivity index (χ4v) is 3.07. The SMILES string of the molecule is CCCC/C1=C(/O)C(=O)/C(C(=O)NCc2ccc(F)cc2F)=C\NNCN(CCCF)C1=O. The van der Waals surface area contributed by atoms with Gasteiger partial charge in [-0.3, -0.25) is 18.8 Å². The minimum Gasteiger partial charge on any atom is -0.504 e. The number of nitrogens with zero attached hydrogens (tertiary/aromatic N) is 1. The van der Waals surface area contributed by atoms with Gasteiger partial charge in [-0.05, 0) is 25.3 Å². The fraction of sp³-hybridized carbons (Fsp3) is 0.409. The number of aliphatic hydroxyl groups is 1. The molecule has 0 fully saturated rings. The molecule has 8 nitrogen and oxygen atoms in total. The third kappa shape index (κ3) is 7.07. The van der Waals surface area contributed by atoms with Crippen LogP contribution in [0.25, 0.3) is 0 Å². The van der Waals surface area contributed by atoms with Crippen molar-refractivity contribution < 1.29 is 32.7 Å². The van der Waals surface area contributed by atoms with E-state index in [0.29, 0.717) is 18.9 Å². The van der Waals surface area contributed by atoms with Crippen molar-refractivity contribution in [1.29, 1.82) is 0 Å². The summed E-state index contributed by atoms with van der Waals surface area (Å²) in [6.45, 7) is 0.856. The number of nitrogens with one attached hydrogen (secondary N) is 3. The first kappa shape index (κ1) is 25.9. The van der Waals surface area contributed by atoms with Crippen molar-refractivity contribution in [3.05, 3.63) is 58.5 Å². The van der Waals surface area contributed by atoms with E-state index in [0.717, 1.165) is 18.3 Å². The topological polar surface area (TPSA) is 111 Å². The number of rotatable bonds is 9. The Morgan fingerprint density at radius 3 is 2.67 bits per heavy atom. The van der Waals surface area contributed by atoms with Crippen LogP contribution in [0.15, 0.2) is 41.3 Å². The summed E-state index contributed by atoms with van der Waals surface area (Å²) in [6, 6.07) is 2.84. The van der Waals surface area contributed by atoms with Gasteiger partial charge in [0.1, 0.15) is 17.2 Å². The van der Waals surface area contributed by atoms with Crippen LogP contribution >= 0.6 is 0 Å². The predicted molar refractivity (Wildman–Crippen MR) is 114 cm³/mol. The van der Waals surface area contributed by atoms with Gasteiger partial charge in [-0.1, -0.05) is 19.4 Å². The molecule has 0 atom stereocenters. The van der Waals surface area contributed by atoms with Gasteiger partial charge in [0.25, 0.3) is 11.8 Å². The predicted octanol–water partition coefficient (Wildman–Crippen LogP) is 2.29. The van der Waals surface area contributed by atoms with E-state index >= 15 is 0 Å². The molecule has 0 saturated heterocycles. The standard InChI is InChI=1S/C22H27F3N4O4/c1-2-3-5-16-19(30)20(31)17(12-27-28-13-29(22(16)33)9-4-8-23)21(32)26-11-14-6-7-15(24)10-18(14)25/h6-7,10,12,27-28,30H,2-5,8-9,11,13H2,1H3,(H,26,32)/b17-12+,19-16-. The normalized spacial score (nSPS) is 19.0. The van der Waals surface area contributed by atoms with E-state index in [2.05, 4.69) is 16.2 Å². The molecule has 0 aromatic heterocycles. The lowest BCUT2D eigenvalue weighted by atomic mass is 10.0. The average molecular weight is 468 g/mol. The minimum absolute atomic E-state index is 0.00849. The van der Waals surface area contributed by atoms with E-state index < -0.39 is 47.2 Å². The lowest BCUT2D eigenvalue weighted by Crippen LogP contribution is -2.46. The zero-order valence-electron chi connectivity index (χ0n) is 18.2. The molecule has 1 aromatic rings. The largest absolute Gasteiger partial charge is 0.504 e. The van der Waals surface area contributed by atoms with Crippen molar-refractivity contribution in [3.8, 4) is 0 Å². The summed E-state index contributed by atoms with van der Waals surface area (Å²) >= 11 is 0. The van der Waals surface area contributed by atoms with Crippen LogP contribution in [0.5, 0.6) is 0 Å². The zero-order chi connectivity index (χ0) is 24.4. The molecule has 11 heteroatoms. The lowest BCUT2D eigenvalue weighted by molar-refractivity contribution is -0.129. The molecule has 0 unspecified atom stereocenters. The molecule has 33 heavy (non-hydrogen) atoms. The van der Waals surface area contributed by atoms with Crippen molar-refractivity contribution >= 4 is 17.6 Å². The Morgan fingerprint density at radius 2 is 2.00 bits per heavy atom. The molecule has 180 valence electrons. The van der Waals surface area contributed by atoms with Crippen LogP contribution in [0.1, 0.15) is 38.2 Å². The van der Waals surface area contributed by atoms with Crippen LogP contribution in [0.2, 0.25) is 0 Å². The number of hydrazine groups is 1. The number of benzene rings is 1. The maximum atomic E-state index is 13.8. The molecular formula is C22H27F3N4O4. The molecule has 0 spiro atoms. The molecule has 1 aliphatic heterocycles. The third-order valence-electron chi connectivity index (χ3n) is 4.92. The molecular weight excluding hydrogens is 441 g/mol. The number of ketones is 1. The summed E-state index contributed by atoms with van der Waals surface area (Å²) in [5.41, 5.74) is 4.44. The van der Waals surface area contributed by atoms with Gasteiger partial charge in [0.15, 0.2) is 5.76 Å². The van der Waals surface area contributed by atoms with Crippen LogP contribution < -0.4 is 16.2 Å². The number of halogens is 3. The third-order valence-corrected chi connectivity index (χ3v) is 4.92. The Morgan fingerprint density at radius 1 is 1.24 bits per heavy atom. The maximum absolute atomic E-state index is 13.8. The molecule has 1 heterocycles. The molecule has 1 aliphatic rings. The van der Waals surface area contributed by atoms with Gasteiger partial charge in [-0.25, -0.2) is 14.2 Å². The number of hydrogen-bond donors (Lipinski definition) is 4. The molecule has 2 rings (SSSR count). The Kier molecular flexibility index (Phi) is 9.92. The van der Waals surface area contributed by atoms with E-state index in [4.69, 9.17) is 0 Å². The number of hydrogen-bond acceptors (Lipinski definition) is 6. The highest BCUT2D eigenvalue weighted by molar-refractivity contribution is 6.26. The van der Waals surface area contributed by atoms with Gasteiger partial charge in [0.05, 0.1) is 18.9 Å². The molecule has 0 bridgehead atoms. The molecule has 0 radical (unpaired) electrons. The van der Waals surface area contributed by atoms with Crippen LogP contribution in [0.3, 0.4) is 0 Å². The summed E-state index contributed by atoms with van der Waals surface area (Å²) in [5, 5.41) is 13.0. The van der Waals surface area contributed by atoms with Crippen molar-refractivity contribution in [2.45, 2.75) is 39.2 Å². The number of amides is 2. The van der Waals surface area contributed by atoms with E-state index in [9.17, 15) is 32.7 Å². The van der Waals surface area contributed by atoms with Crippen molar-refractivity contribution in [3.63, 3.8) is 0 Å². The number of aliphatic hydroxyl groups excluding tert-OH is 1. The number of unbranched alkanes of at least 4 members (excludes halogenated alkanes) is 1. The van der Waals surface area contributed by atoms with Crippen molar-refractivity contribution in [2.24, 2.45) is 0 Å². The van der Waals surface area contributed by atoms with Gasteiger partial charge >= 0.3 is 0 Å². The first-order valence-corrected chi connectivity index (χ1v) is 10.5. The first-order valence-electron chi connectivity index (χ1n) is 10.5. The second-order valence-electron chi connectivity index (χ2n) is 7.33. The quantitative estimate of drug-likeness (QED) is 0.414. The van der Waals surface area contributed by atoms with Crippen LogP contribution in [0.4, 0.5) is 13.2 Å². The van der Waals surface area contributed by atoms with Gasteiger partial charge < -0.3 is 20.7 Å². The molecule has 4 N–H and O–H groups in total. The Hall–Kier alpha value is -3.34. The number of alkyl halides is 1. The average Bonchev–Trinajstić information content (AvgIpc) is 2.79. The summed E-state index contributed by atoms with van der Waals surface area (Å²) in [5.74, 6) is -5.22. The second kappa shape index (κ2) is 12.6.